The second kappa shape index (κ2) is 5.70. The van der Waals surface area contributed by atoms with Gasteiger partial charge < -0.3 is 10.1 Å². The number of amides is 2. The number of nitrogens with one attached hydrogen (secondary N) is 2. The summed E-state index contributed by atoms with van der Waals surface area (Å²) in [4.78, 5) is 16.1. The molecule has 2 amide bonds. The van der Waals surface area contributed by atoms with Gasteiger partial charge in [-0.05, 0) is 40.2 Å². The van der Waals surface area contributed by atoms with Gasteiger partial charge in [0.05, 0.1) is 6.61 Å². The third kappa shape index (κ3) is 2.60. The number of pyridine rings is 1. The maximum Gasteiger partial charge on any atom is 0.320 e. The fraction of sp³-hybridized carbons (Fsp3) is 0.250. The number of hydrogen-bond acceptors (Lipinski definition) is 3. The van der Waals surface area contributed by atoms with Gasteiger partial charge in [-0.1, -0.05) is 0 Å². The van der Waals surface area contributed by atoms with Gasteiger partial charge in [0.15, 0.2) is 11.6 Å². The van der Waals surface area contributed by atoms with Crippen molar-refractivity contribution in [2.45, 2.75) is 12.0 Å². The van der Waals surface area contributed by atoms with Gasteiger partial charge in [-0.15, -0.1) is 0 Å². The molecule has 1 aliphatic carbocycles. The molecule has 3 atom stereocenters. The molecule has 1 fully saturated rings. The Morgan fingerprint density at radius 1 is 1.25 bits per heavy atom. The van der Waals surface area contributed by atoms with Crippen LogP contribution in [0.2, 0.25) is 0 Å². The number of carbonyl (C=O) groups excluding carboxylic acids is 1. The molecule has 5 nitrogen and oxygen atoms in total. The number of carbonyl (C=O) groups is 1. The summed E-state index contributed by atoms with van der Waals surface area (Å²) in [5.41, 5.74) is 0.207. The summed E-state index contributed by atoms with van der Waals surface area (Å²) in [6.45, 7) is 0.250. The molecular formula is C16H12BrF2N3O2. The molecule has 1 aliphatic heterocycles. The highest BCUT2D eigenvalue weighted by atomic mass is 79.9. The molecule has 2 aliphatic rings. The highest BCUT2D eigenvalue weighted by molar-refractivity contribution is 9.10. The van der Waals surface area contributed by atoms with Crippen LogP contribution in [0.5, 0.6) is 5.75 Å². The van der Waals surface area contributed by atoms with Crippen molar-refractivity contribution in [3.05, 3.63) is 52.1 Å². The minimum atomic E-state index is -0.584. The number of nitrogens with zero attached hydrogens (tertiary/aromatic N) is 1. The summed E-state index contributed by atoms with van der Waals surface area (Å²) < 4.78 is 33.9. The van der Waals surface area contributed by atoms with E-state index in [-0.39, 0.29) is 35.8 Å². The number of halogens is 3. The molecule has 0 radical (unpaired) electrons. The molecule has 4 rings (SSSR count). The zero-order chi connectivity index (χ0) is 16.8. The second-order valence-corrected chi connectivity index (χ2v) is 6.67. The average Bonchev–Trinajstić information content (AvgIpc) is 3.26. The summed E-state index contributed by atoms with van der Waals surface area (Å²) in [7, 11) is 0. The molecule has 1 aromatic heterocycles. The van der Waals surface area contributed by atoms with Crippen molar-refractivity contribution < 1.29 is 18.3 Å². The van der Waals surface area contributed by atoms with Crippen LogP contribution in [0.25, 0.3) is 0 Å². The average molecular weight is 396 g/mol. The number of ether oxygens (including phenoxy) is 1. The maximum absolute atomic E-state index is 14.0. The van der Waals surface area contributed by atoms with Gasteiger partial charge in [-0.2, -0.15) is 0 Å². The number of aromatic nitrogens is 1. The van der Waals surface area contributed by atoms with Crippen molar-refractivity contribution in [2.75, 3.05) is 11.9 Å². The Hall–Kier alpha value is -2.22. The Kier molecular flexibility index (Phi) is 3.64. The van der Waals surface area contributed by atoms with Crippen molar-refractivity contribution in [1.82, 2.24) is 10.3 Å². The zero-order valence-electron chi connectivity index (χ0n) is 12.2. The molecule has 0 spiro atoms. The predicted molar refractivity (Wildman–Crippen MR) is 86.0 cm³/mol. The van der Waals surface area contributed by atoms with E-state index in [1.54, 1.807) is 18.3 Å². The summed E-state index contributed by atoms with van der Waals surface area (Å²) >= 11 is 3.26. The van der Waals surface area contributed by atoms with Gasteiger partial charge in [-0.3, -0.25) is 5.32 Å². The molecule has 24 heavy (non-hydrogen) atoms. The zero-order valence-corrected chi connectivity index (χ0v) is 13.8. The van der Waals surface area contributed by atoms with Gasteiger partial charge in [0.25, 0.3) is 0 Å². The largest absolute Gasteiger partial charge is 0.490 e. The lowest BCUT2D eigenvalue weighted by Gasteiger charge is -2.16. The molecule has 8 heteroatoms. The van der Waals surface area contributed by atoms with Crippen molar-refractivity contribution >= 4 is 27.8 Å². The Morgan fingerprint density at radius 3 is 2.79 bits per heavy atom. The van der Waals surface area contributed by atoms with Gasteiger partial charge >= 0.3 is 6.03 Å². The summed E-state index contributed by atoms with van der Waals surface area (Å²) in [6.07, 6.45) is 1.56. The highest BCUT2D eigenvalue weighted by Crippen LogP contribution is 2.55. The number of anilines is 1. The summed E-state index contributed by atoms with van der Waals surface area (Å²) in [5.74, 6) is -1.08. The minimum absolute atomic E-state index is 0.0458. The first kappa shape index (κ1) is 15.3. The molecule has 2 aromatic rings. The van der Waals surface area contributed by atoms with Gasteiger partial charge in [-0.25, -0.2) is 18.6 Å². The standard InChI is InChI=1S/C16H12BrF2N3O2/c17-7-1-4-11(20-5-7)21-16(23)22-14-8-6-24-15-10(19)3-2-9(18)13(15)12(8)14/h1-5,8,12,14H,6H2,(H2,20,21,22,23)/t8-,12-,14?/m0/s1. The minimum Gasteiger partial charge on any atom is -0.490 e. The Labute approximate surface area is 144 Å². The first-order valence-corrected chi connectivity index (χ1v) is 8.13. The fourth-order valence-corrected chi connectivity index (χ4v) is 3.35. The molecule has 2 N–H and O–H groups in total. The van der Waals surface area contributed by atoms with Crippen LogP contribution in [0.3, 0.4) is 0 Å². The van der Waals surface area contributed by atoms with Crippen LogP contribution in [-0.2, 0) is 0 Å². The van der Waals surface area contributed by atoms with Crippen molar-refractivity contribution in [1.29, 1.82) is 0 Å². The van der Waals surface area contributed by atoms with Crippen LogP contribution in [0.1, 0.15) is 11.5 Å². The number of hydrogen-bond donors (Lipinski definition) is 2. The van der Waals surface area contributed by atoms with E-state index in [1.807, 2.05) is 0 Å². The van der Waals surface area contributed by atoms with Crippen LogP contribution < -0.4 is 15.4 Å². The first-order chi connectivity index (χ1) is 11.5. The molecule has 0 saturated heterocycles. The monoisotopic (exact) mass is 395 g/mol. The second-order valence-electron chi connectivity index (χ2n) is 5.76. The lowest BCUT2D eigenvalue weighted by Crippen LogP contribution is -2.32. The van der Waals surface area contributed by atoms with Crippen LogP contribution >= 0.6 is 15.9 Å². The number of rotatable bonds is 2. The molecule has 1 unspecified atom stereocenters. The predicted octanol–water partition coefficient (Wildman–Crippen LogP) is 3.42. The molecule has 1 saturated carbocycles. The normalized spacial score (nSPS) is 23.5. The van der Waals surface area contributed by atoms with E-state index >= 15 is 0 Å². The molecule has 0 bridgehead atoms. The number of benzene rings is 1. The van der Waals surface area contributed by atoms with Crippen LogP contribution in [0.4, 0.5) is 19.4 Å². The third-order valence-corrected chi connectivity index (χ3v) is 4.75. The third-order valence-electron chi connectivity index (χ3n) is 4.28. The topological polar surface area (TPSA) is 63.2 Å². The number of fused-ring (bicyclic) bond motifs is 3. The fourth-order valence-electron chi connectivity index (χ4n) is 3.11. The highest BCUT2D eigenvalue weighted by Gasteiger charge is 2.57. The summed E-state index contributed by atoms with van der Waals surface area (Å²) in [5, 5.41) is 5.39. The van der Waals surface area contributed by atoms with E-state index in [0.29, 0.717) is 5.82 Å². The molecule has 1 aromatic carbocycles. The van der Waals surface area contributed by atoms with Gasteiger partial charge in [0.2, 0.25) is 0 Å². The summed E-state index contributed by atoms with van der Waals surface area (Å²) in [6, 6.07) is 4.80. The van der Waals surface area contributed by atoms with Crippen molar-refractivity contribution in [3.8, 4) is 5.75 Å². The smallest absolute Gasteiger partial charge is 0.320 e. The lowest BCUT2D eigenvalue weighted by atomic mass is 10.0. The quantitative estimate of drug-likeness (QED) is 0.818. The van der Waals surface area contributed by atoms with Gasteiger partial charge in [0.1, 0.15) is 11.6 Å². The van der Waals surface area contributed by atoms with Crippen molar-refractivity contribution in [2.24, 2.45) is 5.92 Å². The maximum atomic E-state index is 14.0. The van der Waals surface area contributed by atoms with E-state index in [9.17, 15) is 13.6 Å². The van der Waals surface area contributed by atoms with Crippen LogP contribution in [0, 0.1) is 17.6 Å². The van der Waals surface area contributed by atoms with E-state index in [0.717, 1.165) is 16.6 Å². The van der Waals surface area contributed by atoms with Crippen molar-refractivity contribution in [3.63, 3.8) is 0 Å². The van der Waals surface area contributed by atoms with Crippen LogP contribution in [0.15, 0.2) is 34.9 Å². The molecule has 124 valence electrons. The Morgan fingerprint density at radius 2 is 2.04 bits per heavy atom. The SMILES string of the molecule is O=C(Nc1ccc(Br)cn1)NC1[C@H]2COc3c(F)ccc(F)c3[C@@H]12. The lowest BCUT2D eigenvalue weighted by molar-refractivity contribution is 0.247. The Balaban J connectivity index is 1.47. The van der Waals surface area contributed by atoms with E-state index < -0.39 is 17.7 Å². The first-order valence-electron chi connectivity index (χ1n) is 7.34. The molecular weight excluding hydrogens is 384 g/mol. The van der Waals surface area contributed by atoms with E-state index in [1.165, 1.54) is 0 Å². The van der Waals surface area contributed by atoms with Crippen LogP contribution in [-0.4, -0.2) is 23.7 Å². The number of urea groups is 1. The van der Waals surface area contributed by atoms with E-state index in [4.69, 9.17) is 4.74 Å². The molecule has 2 heterocycles. The Bertz CT molecular complexity index is 816. The van der Waals surface area contributed by atoms with E-state index in [2.05, 4.69) is 31.5 Å². The van der Waals surface area contributed by atoms with Gasteiger partial charge in [0, 0.05) is 34.1 Å².